The summed E-state index contributed by atoms with van der Waals surface area (Å²) in [6.07, 6.45) is 0. The summed E-state index contributed by atoms with van der Waals surface area (Å²) in [6, 6.07) is 2.95. The van der Waals surface area contributed by atoms with Crippen LogP contribution in [0.3, 0.4) is 0 Å². The van der Waals surface area contributed by atoms with Gasteiger partial charge in [0, 0.05) is 5.69 Å². The summed E-state index contributed by atoms with van der Waals surface area (Å²) in [7, 11) is 0. The predicted octanol–water partition coefficient (Wildman–Crippen LogP) is 2.44. The third-order valence-corrected chi connectivity index (χ3v) is 2.68. The molecule has 0 spiro atoms. The van der Waals surface area contributed by atoms with Crippen LogP contribution in [-0.4, -0.2) is 19.0 Å². The molecular formula is C11H14BrFN2O. The topological polar surface area (TPSA) is 41.1 Å². The zero-order valence-corrected chi connectivity index (χ0v) is 10.8. The number of halogens is 2. The van der Waals surface area contributed by atoms with E-state index in [-0.39, 0.29) is 18.3 Å². The summed E-state index contributed by atoms with van der Waals surface area (Å²) in [5, 5.41) is 5.55. The van der Waals surface area contributed by atoms with Crippen LogP contribution in [0.2, 0.25) is 0 Å². The van der Waals surface area contributed by atoms with E-state index in [9.17, 15) is 9.18 Å². The van der Waals surface area contributed by atoms with Crippen LogP contribution >= 0.6 is 15.9 Å². The van der Waals surface area contributed by atoms with Crippen molar-refractivity contribution in [2.24, 2.45) is 0 Å². The maximum Gasteiger partial charge on any atom is 0.238 e. The van der Waals surface area contributed by atoms with Gasteiger partial charge < -0.3 is 10.6 Å². The van der Waals surface area contributed by atoms with Gasteiger partial charge in [-0.1, -0.05) is 6.92 Å². The molecule has 0 heterocycles. The quantitative estimate of drug-likeness (QED) is 0.894. The maximum atomic E-state index is 13.2. The molecule has 1 aromatic carbocycles. The summed E-state index contributed by atoms with van der Waals surface area (Å²) in [5.41, 5.74) is 1.32. The Balaban J connectivity index is 2.73. The van der Waals surface area contributed by atoms with E-state index in [0.29, 0.717) is 10.2 Å². The summed E-state index contributed by atoms with van der Waals surface area (Å²) in [4.78, 5) is 11.4. The van der Waals surface area contributed by atoms with Gasteiger partial charge in [0.25, 0.3) is 0 Å². The second-order valence-electron chi connectivity index (χ2n) is 3.41. The summed E-state index contributed by atoms with van der Waals surface area (Å²) >= 11 is 3.09. The van der Waals surface area contributed by atoms with Crippen molar-refractivity contribution in [2.45, 2.75) is 13.8 Å². The molecule has 0 aromatic heterocycles. The molecule has 0 aliphatic rings. The lowest BCUT2D eigenvalue weighted by Gasteiger charge is -2.09. The highest BCUT2D eigenvalue weighted by Crippen LogP contribution is 2.23. The van der Waals surface area contributed by atoms with Crippen LogP contribution in [-0.2, 0) is 4.79 Å². The van der Waals surface area contributed by atoms with Crippen LogP contribution in [0.1, 0.15) is 12.5 Å². The van der Waals surface area contributed by atoms with Crippen molar-refractivity contribution in [2.75, 3.05) is 18.4 Å². The summed E-state index contributed by atoms with van der Waals surface area (Å²) in [5.74, 6) is -0.559. The van der Waals surface area contributed by atoms with Gasteiger partial charge in [-0.15, -0.1) is 0 Å². The molecule has 0 unspecified atom stereocenters. The van der Waals surface area contributed by atoms with Crippen molar-refractivity contribution in [3.63, 3.8) is 0 Å². The minimum Gasteiger partial charge on any atom is -0.325 e. The first-order valence-corrected chi connectivity index (χ1v) is 5.80. The third-order valence-electron chi connectivity index (χ3n) is 2.08. The molecule has 0 saturated heterocycles. The average molecular weight is 289 g/mol. The van der Waals surface area contributed by atoms with E-state index in [4.69, 9.17) is 0 Å². The second kappa shape index (κ2) is 5.96. The number of aryl methyl sites for hydroxylation is 1. The summed E-state index contributed by atoms with van der Waals surface area (Å²) in [6.45, 7) is 4.68. The van der Waals surface area contributed by atoms with Crippen molar-refractivity contribution in [1.82, 2.24) is 5.32 Å². The molecule has 0 aliphatic heterocycles. The molecule has 1 aromatic rings. The van der Waals surface area contributed by atoms with Crippen molar-refractivity contribution < 1.29 is 9.18 Å². The highest BCUT2D eigenvalue weighted by atomic mass is 79.9. The van der Waals surface area contributed by atoms with Crippen LogP contribution in [0.15, 0.2) is 16.6 Å². The zero-order valence-electron chi connectivity index (χ0n) is 9.23. The molecule has 0 fully saturated rings. The molecule has 0 bridgehead atoms. The van der Waals surface area contributed by atoms with Gasteiger partial charge >= 0.3 is 0 Å². The Bertz CT molecular complexity index is 396. The van der Waals surface area contributed by atoms with Crippen molar-refractivity contribution in [3.05, 3.63) is 28.0 Å². The van der Waals surface area contributed by atoms with E-state index in [1.807, 2.05) is 13.8 Å². The van der Waals surface area contributed by atoms with E-state index in [1.165, 1.54) is 6.07 Å². The minimum absolute atomic E-state index is 0.174. The van der Waals surface area contributed by atoms with E-state index < -0.39 is 0 Å². The Morgan fingerprint density at radius 3 is 2.81 bits per heavy atom. The van der Waals surface area contributed by atoms with Gasteiger partial charge in [-0.3, -0.25) is 4.79 Å². The molecular weight excluding hydrogens is 275 g/mol. The normalized spacial score (nSPS) is 10.2. The van der Waals surface area contributed by atoms with Crippen LogP contribution in [0, 0.1) is 12.7 Å². The monoisotopic (exact) mass is 288 g/mol. The molecule has 5 heteroatoms. The minimum atomic E-state index is -0.385. The van der Waals surface area contributed by atoms with Gasteiger partial charge in [0.15, 0.2) is 0 Å². The first kappa shape index (κ1) is 13.1. The van der Waals surface area contributed by atoms with Crippen molar-refractivity contribution in [3.8, 4) is 0 Å². The van der Waals surface area contributed by atoms with Crippen molar-refractivity contribution in [1.29, 1.82) is 0 Å². The van der Waals surface area contributed by atoms with Crippen LogP contribution in [0.25, 0.3) is 0 Å². The fourth-order valence-electron chi connectivity index (χ4n) is 1.21. The standard InChI is InChI=1S/C11H14BrFN2O/c1-3-14-6-11(16)15-10-5-9(13)8(12)4-7(10)2/h4-5,14H,3,6H2,1-2H3,(H,15,16). The number of amides is 1. The first-order valence-electron chi connectivity index (χ1n) is 5.00. The molecule has 0 aliphatic carbocycles. The van der Waals surface area contributed by atoms with Gasteiger partial charge in [0.05, 0.1) is 11.0 Å². The van der Waals surface area contributed by atoms with Gasteiger partial charge in [0.2, 0.25) is 5.91 Å². The Hall–Kier alpha value is -0.940. The largest absolute Gasteiger partial charge is 0.325 e. The smallest absolute Gasteiger partial charge is 0.238 e. The Morgan fingerprint density at radius 2 is 2.19 bits per heavy atom. The molecule has 2 N–H and O–H groups in total. The van der Waals surface area contributed by atoms with Crippen LogP contribution in [0.4, 0.5) is 10.1 Å². The molecule has 3 nitrogen and oxygen atoms in total. The Morgan fingerprint density at radius 1 is 1.50 bits per heavy atom. The molecule has 0 radical (unpaired) electrons. The zero-order chi connectivity index (χ0) is 12.1. The molecule has 16 heavy (non-hydrogen) atoms. The molecule has 1 rings (SSSR count). The molecule has 0 saturated carbocycles. The maximum absolute atomic E-state index is 13.2. The van der Waals surface area contributed by atoms with E-state index in [0.717, 1.165) is 12.1 Å². The number of anilines is 1. The summed E-state index contributed by atoms with van der Waals surface area (Å²) < 4.78 is 13.6. The molecule has 1 amide bonds. The molecule has 88 valence electrons. The lowest BCUT2D eigenvalue weighted by atomic mass is 10.2. The van der Waals surface area contributed by atoms with Gasteiger partial charge in [-0.25, -0.2) is 4.39 Å². The predicted molar refractivity (Wildman–Crippen MR) is 66.0 cm³/mol. The van der Waals surface area contributed by atoms with Crippen molar-refractivity contribution >= 4 is 27.5 Å². The van der Waals surface area contributed by atoms with Crippen LogP contribution in [0.5, 0.6) is 0 Å². The average Bonchev–Trinajstić information content (AvgIpc) is 2.23. The lowest BCUT2D eigenvalue weighted by molar-refractivity contribution is -0.115. The van der Waals surface area contributed by atoms with Gasteiger partial charge in [-0.2, -0.15) is 0 Å². The van der Waals surface area contributed by atoms with Gasteiger partial charge in [-0.05, 0) is 47.1 Å². The fraction of sp³-hybridized carbons (Fsp3) is 0.364. The number of hydrogen-bond donors (Lipinski definition) is 2. The number of benzene rings is 1. The third kappa shape index (κ3) is 3.57. The molecule has 0 atom stereocenters. The first-order chi connectivity index (χ1) is 7.54. The Kier molecular flexibility index (Phi) is 4.89. The van der Waals surface area contributed by atoms with Crippen LogP contribution < -0.4 is 10.6 Å². The number of nitrogens with one attached hydrogen (secondary N) is 2. The SMILES string of the molecule is CCNCC(=O)Nc1cc(F)c(Br)cc1C. The lowest BCUT2D eigenvalue weighted by Crippen LogP contribution is -2.28. The highest BCUT2D eigenvalue weighted by Gasteiger charge is 2.07. The second-order valence-corrected chi connectivity index (χ2v) is 4.26. The van der Waals surface area contributed by atoms with Gasteiger partial charge in [0.1, 0.15) is 5.82 Å². The number of carbonyl (C=O) groups excluding carboxylic acids is 1. The Labute approximate surface area is 103 Å². The van der Waals surface area contributed by atoms with E-state index in [2.05, 4.69) is 26.6 Å². The van der Waals surface area contributed by atoms with E-state index >= 15 is 0 Å². The van der Waals surface area contributed by atoms with E-state index in [1.54, 1.807) is 6.07 Å². The number of rotatable bonds is 4. The number of likely N-dealkylation sites (N-methyl/N-ethyl adjacent to an activating group) is 1. The fourth-order valence-corrected chi connectivity index (χ4v) is 1.67. The highest BCUT2D eigenvalue weighted by molar-refractivity contribution is 9.10. The number of hydrogen-bond acceptors (Lipinski definition) is 2. The number of carbonyl (C=O) groups is 1.